The van der Waals surface area contributed by atoms with Gasteiger partial charge in [0.1, 0.15) is 12.4 Å². The van der Waals surface area contributed by atoms with E-state index in [0.717, 1.165) is 6.61 Å². The molecule has 0 atom stereocenters. The molecule has 0 fully saturated rings. The Hall–Kier alpha value is -1.29. The van der Waals surface area contributed by atoms with Crippen LogP contribution in [0, 0.1) is 5.92 Å². The predicted octanol–water partition coefficient (Wildman–Crippen LogP) is 1.72. The van der Waals surface area contributed by atoms with Gasteiger partial charge in [0.15, 0.2) is 0 Å². The molecule has 15 heavy (non-hydrogen) atoms. The second kappa shape index (κ2) is 6.24. The molecule has 2 N–H and O–H groups in total. The molecule has 0 aliphatic rings. The van der Waals surface area contributed by atoms with E-state index in [1.807, 2.05) is 0 Å². The van der Waals surface area contributed by atoms with E-state index in [9.17, 15) is 0 Å². The monoisotopic (exact) mass is 210 g/mol. The molecule has 1 aromatic heterocycles. The van der Waals surface area contributed by atoms with Gasteiger partial charge in [0, 0.05) is 18.9 Å². The van der Waals surface area contributed by atoms with Crippen LogP contribution >= 0.6 is 0 Å². The van der Waals surface area contributed by atoms with Gasteiger partial charge in [-0.05, 0) is 5.92 Å². The Bertz CT molecular complexity index is 290. The molecule has 0 spiro atoms. The number of hydrogen-bond acceptors (Lipinski definition) is 4. The maximum absolute atomic E-state index is 5.66. The smallest absolute Gasteiger partial charge is 0.145 e. The zero-order chi connectivity index (χ0) is 11.1. The highest BCUT2D eigenvalue weighted by molar-refractivity contribution is 5.49. The highest BCUT2D eigenvalue weighted by Gasteiger charge is 1.99. The van der Waals surface area contributed by atoms with Crippen LogP contribution in [-0.2, 0) is 4.74 Å². The van der Waals surface area contributed by atoms with Gasteiger partial charge in [0.05, 0.1) is 18.5 Å². The van der Waals surface area contributed by atoms with E-state index in [1.54, 1.807) is 18.5 Å². The molecule has 84 valence electrons. The highest BCUT2D eigenvalue weighted by atomic mass is 16.5. The summed E-state index contributed by atoms with van der Waals surface area (Å²) in [5.41, 5.74) is 6.21. The standard InChI is InChI=1S/C11H18N2O2/c1-9(2)8-14-5-6-15-11-3-4-13-7-10(11)12/h3-4,7,9H,5-6,8,12H2,1-2H3. The van der Waals surface area contributed by atoms with Gasteiger partial charge in [-0.1, -0.05) is 13.8 Å². The summed E-state index contributed by atoms with van der Waals surface area (Å²) in [4.78, 5) is 3.88. The highest BCUT2D eigenvalue weighted by Crippen LogP contribution is 2.17. The normalized spacial score (nSPS) is 10.6. The van der Waals surface area contributed by atoms with Gasteiger partial charge in [-0.3, -0.25) is 4.98 Å². The Labute approximate surface area is 90.4 Å². The lowest BCUT2D eigenvalue weighted by molar-refractivity contribution is 0.0821. The number of rotatable bonds is 6. The van der Waals surface area contributed by atoms with Gasteiger partial charge >= 0.3 is 0 Å². The van der Waals surface area contributed by atoms with Crippen molar-refractivity contribution in [2.24, 2.45) is 5.92 Å². The molecule has 0 bridgehead atoms. The molecular formula is C11H18N2O2. The summed E-state index contributed by atoms with van der Waals surface area (Å²) in [6, 6.07) is 1.75. The summed E-state index contributed by atoms with van der Waals surface area (Å²) >= 11 is 0. The molecule has 0 amide bonds. The fourth-order valence-electron chi connectivity index (χ4n) is 1.05. The van der Waals surface area contributed by atoms with Crippen LogP contribution in [-0.4, -0.2) is 24.8 Å². The summed E-state index contributed by atoms with van der Waals surface area (Å²) in [7, 11) is 0. The average Bonchev–Trinajstić information content (AvgIpc) is 2.20. The lowest BCUT2D eigenvalue weighted by atomic mass is 10.2. The Kier molecular flexibility index (Phi) is 4.90. The largest absolute Gasteiger partial charge is 0.489 e. The topological polar surface area (TPSA) is 57.4 Å². The van der Waals surface area contributed by atoms with Gasteiger partial charge in [-0.2, -0.15) is 0 Å². The second-order valence-electron chi connectivity index (χ2n) is 3.73. The van der Waals surface area contributed by atoms with Crippen LogP contribution in [0.5, 0.6) is 5.75 Å². The fraction of sp³-hybridized carbons (Fsp3) is 0.545. The van der Waals surface area contributed by atoms with Crippen molar-refractivity contribution >= 4 is 5.69 Å². The van der Waals surface area contributed by atoms with E-state index in [4.69, 9.17) is 15.2 Å². The number of hydrogen-bond donors (Lipinski definition) is 1. The van der Waals surface area contributed by atoms with Gasteiger partial charge < -0.3 is 15.2 Å². The molecule has 0 aliphatic heterocycles. The van der Waals surface area contributed by atoms with Crippen molar-refractivity contribution in [1.29, 1.82) is 0 Å². The molecule has 4 nitrogen and oxygen atoms in total. The maximum Gasteiger partial charge on any atom is 0.145 e. The first-order chi connectivity index (χ1) is 7.20. The van der Waals surface area contributed by atoms with Gasteiger partial charge in [-0.15, -0.1) is 0 Å². The summed E-state index contributed by atoms with van der Waals surface area (Å²) in [5.74, 6) is 1.22. The first-order valence-corrected chi connectivity index (χ1v) is 5.10. The number of aromatic nitrogens is 1. The van der Waals surface area contributed by atoms with E-state index < -0.39 is 0 Å². The Morgan fingerprint density at radius 3 is 2.87 bits per heavy atom. The van der Waals surface area contributed by atoms with Crippen LogP contribution < -0.4 is 10.5 Å². The van der Waals surface area contributed by atoms with E-state index in [-0.39, 0.29) is 0 Å². The number of anilines is 1. The second-order valence-corrected chi connectivity index (χ2v) is 3.73. The van der Waals surface area contributed by atoms with Crippen molar-refractivity contribution in [3.8, 4) is 5.75 Å². The summed E-state index contributed by atoms with van der Waals surface area (Å²) < 4.78 is 10.8. The number of nitrogens with zero attached hydrogens (tertiary/aromatic N) is 1. The first kappa shape index (κ1) is 11.8. The molecule has 1 aromatic rings. The van der Waals surface area contributed by atoms with E-state index in [1.165, 1.54) is 0 Å². The van der Waals surface area contributed by atoms with Gasteiger partial charge in [0.25, 0.3) is 0 Å². The lowest BCUT2D eigenvalue weighted by Gasteiger charge is -2.09. The third kappa shape index (κ3) is 4.65. The molecular weight excluding hydrogens is 192 g/mol. The van der Waals surface area contributed by atoms with Crippen molar-refractivity contribution in [2.75, 3.05) is 25.6 Å². The third-order valence-corrected chi connectivity index (χ3v) is 1.75. The molecule has 1 rings (SSSR count). The summed E-state index contributed by atoms with van der Waals surface area (Å²) in [6.07, 6.45) is 3.23. The SMILES string of the molecule is CC(C)COCCOc1ccncc1N. The fourth-order valence-corrected chi connectivity index (χ4v) is 1.05. The van der Waals surface area contributed by atoms with Crippen molar-refractivity contribution in [1.82, 2.24) is 4.98 Å². The van der Waals surface area contributed by atoms with E-state index in [2.05, 4.69) is 18.8 Å². The number of nitrogens with two attached hydrogens (primary N) is 1. The van der Waals surface area contributed by atoms with Crippen molar-refractivity contribution < 1.29 is 9.47 Å². The molecule has 4 heteroatoms. The molecule has 0 saturated heterocycles. The number of nitrogen functional groups attached to an aromatic ring is 1. The summed E-state index contributed by atoms with van der Waals surface area (Å²) in [6.45, 7) is 6.08. The Morgan fingerprint density at radius 1 is 1.40 bits per heavy atom. The van der Waals surface area contributed by atoms with Gasteiger partial charge in [-0.25, -0.2) is 0 Å². The minimum absolute atomic E-state index is 0.515. The number of ether oxygens (including phenoxy) is 2. The zero-order valence-corrected chi connectivity index (χ0v) is 9.27. The molecule has 0 saturated carbocycles. The number of pyridine rings is 1. The van der Waals surface area contributed by atoms with Crippen LogP contribution in [0.4, 0.5) is 5.69 Å². The predicted molar refractivity (Wildman–Crippen MR) is 59.8 cm³/mol. The van der Waals surface area contributed by atoms with E-state index in [0.29, 0.717) is 30.6 Å². The van der Waals surface area contributed by atoms with Crippen LogP contribution in [0.3, 0.4) is 0 Å². The minimum atomic E-state index is 0.515. The molecule has 0 unspecified atom stereocenters. The maximum atomic E-state index is 5.66. The van der Waals surface area contributed by atoms with Crippen LogP contribution in [0.2, 0.25) is 0 Å². The molecule has 1 heterocycles. The summed E-state index contributed by atoms with van der Waals surface area (Å²) in [5, 5.41) is 0. The van der Waals surface area contributed by atoms with Crippen molar-refractivity contribution in [3.63, 3.8) is 0 Å². The zero-order valence-electron chi connectivity index (χ0n) is 9.27. The molecule has 0 aromatic carbocycles. The Balaban J connectivity index is 2.18. The first-order valence-electron chi connectivity index (χ1n) is 5.10. The average molecular weight is 210 g/mol. The molecule has 0 radical (unpaired) electrons. The Morgan fingerprint density at radius 2 is 2.20 bits per heavy atom. The lowest BCUT2D eigenvalue weighted by Crippen LogP contribution is -2.10. The van der Waals surface area contributed by atoms with Crippen molar-refractivity contribution in [3.05, 3.63) is 18.5 Å². The van der Waals surface area contributed by atoms with Crippen molar-refractivity contribution in [2.45, 2.75) is 13.8 Å². The minimum Gasteiger partial charge on any atom is -0.489 e. The van der Waals surface area contributed by atoms with Gasteiger partial charge in [0.2, 0.25) is 0 Å². The van der Waals surface area contributed by atoms with Crippen LogP contribution in [0.1, 0.15) is 13.8 Å². The van der Waals surface area contributed by atoms with Crippen LogP contribution in [0.25, 0.3) is 0 Å². The van der Waals surface area contributed by atoms with E-state index >= 15 is 0 Å². The quantitative estimate of drug-likeness (QED) is 0.726. The third-order valence-electron chi connectivity index (χ3n) is 1.75. The van der Waals surface area contributed by atoms with Crippen LogP contribution in [0.15, 0.2) is 18.5 Å². The molecule has 0 aliphatic carbocycles.